The standard InChI is InChI=1S/C10H14N4O/c1-14-7-8(3-4-9(14)15)13-10-11-5-2-6-12-10/h2,5-6,8H,3-4,7H2,1H3,(H,11,12,13). The van der Waals surface area contributed by atoms with E-state index < -0.39 is 0 Å². The number of nitrogens with zero attached hydrogens (tertiary/aromatic N) is 3. The minimum absolute atomic E-state index is 0.210. The Morgan fingerprint density at radius 3 is 2.87 bits per heavy atom. The van der Waals surface area contributed by atoms with Gasteiger partial charge in [0.25, 0.3) is 0 Å². The van der Waals surface area contributed by atoms with Gasteiger partial charge in [0, 0.05) is 38.4 Å². The SMILES string of the molecule is CN1CC(Nc2ncccn2)CCC1=O. The van der Waals surface area contributed by atoms with Gasteiger partial charge in [-0.3, -0.25) is 4.79 Å². The summed E-state index contributed by atoms with van der Waals surface area (Å²) in [7, 11) is 1.82. The van der Waals surface area contributed by atoms with Crippen molar-refractivity contribution in [3.8, 4) is 0 Å². The highest BCUT2D eigenvalue weighted by Gasteiger charge is 2.22. The molecule has 5 heteroatoms. The molecule has 5 nitrogen and oxygen atoms in total. The first-order valence-electron chi connectivity index (χ1n) is 5.03. The van der Waals surface area contributed by atoms with Crippen LogP contribution in [0, 0.1) is 0 Å². The van der Waals surface area contributed by atoms with E-state index in [0.717, 1.165) is 13.0 Å². The molecule has 1 aromatic heterocycles. The Hall–Kier alpha value is -1.65. The zero-order valence-corrected chi connectivity index (χ0v) is 8.68. The van der Waals surface area contributed by atoms with Gasteiger partial charge >= 0.3 is 0 Å². The molecule has 1 unspecified atom stereocenters. The van der Waals surface area contributed by atoms with E-state index in [1.165, 1.54) is 0 Å². The maximum Gasteiger partial charge on any atom is 0.222 e. The number of rotatable bonds is 2. The molecule has 2 heterocycles. The van der Waals surface area contributed by atoms with Crippen LogP contribution in [-0.2, 0) is 4.79 Å². The molecule has 0 radical (unpaired) electrons. The summed E-state index contributed by atoms with van der Waals surface area (Å²) in [4.78, 5) is 21.2. The second-order valence-electron chi connectivity index (χ2n) is 3.73. The summed E-state index contributed by atoms with van der Waals surface area (Å²) >= 11 is 0. The van der Waals surface area contributed by atoms with Gasteiger partial charge in [-0.1, -0.05) is 0 Å². The fourth-order valence-electron chi connectivity index (χ4n) is 1.69. The van der Waals surface area contributed by atoms with E-state index in [2.05, 4.69) is 15.3 Å². The molecule has 0 spiro atoms. The summed E-state index contributed by atoms with van der Waals surface area (Å²) in [5, 5.41) is 3.22. The average Bonchev–Trinajstić information content (AvgIpc) is 2.25. The molecular weight excluding hydrogens is 192 g/mol. The maximum atomic E-state index is 11.3. The predicted molar refractivity (Wildman–Crippen MR) is 56.3 cm³/mol. The van der Waals surface area contributed by atoms with Crippen molar-refractivity contribution in [1.29, 1.82) is 0 Å². The van der Waals surface area contributed by atoms with E-state index in [1.54, 1.807) is 23.4 Å². The fourth-order valence-corrected chi connectivity index (χ4v) is 1.69. The molecule has 1 amide bonds. The number of piperidine rings is 1. The first-order valence-corrected chi connectivity index (χ1v) is 5.03. The lowest BCUT2D eigenvalue weighted by Crippen LogP contribution is -2.43. The van der Waals surface area contributed by atoms with Crippen molar-refractivity contribution in [3.63, 3.8) is 0 Å². The van der Waals surface area contributed by atoms with Crippen molar-refractivity contribution in [3.05, 3.63) is 18.5 Å². The van der Waals surface area contributed by atoms with E-state index in [0.29, 0.717) is 12.4 Å². The summed E-state index contributed by atoms with van der Waals surface area (Å²) in [5.74, 6) is 0.840. The number of nitrogens with one attached hydrogen (secondary N) is 1. The molecular formula is C10H14N4O. The smallest absolute Gasteiger partial charge is 0.222 e. The Labute approximate surface area is 88.5 Å². The number of aromatic nitrogens is 2. The monoisotopic (exact) mass is 206 g/mol. The third kappa shape index (κ3) is 2.43. The Morgan fingerprint density at radius 2 is 2.20 bits per heavy atom. The van der Waals surface area contributed by atoms with E-state index in [9.17, 15) is 4.79 Å². The van der Waals surface area contributed by atoms with Crippen molar-refractivity contribution >= 4 is 11.9 Å². The number of likely N-dealkylation sites (tertiary alicyclic amines) is 1. The number of anilines is 1. The Kier molecular flexibility index (Phi) is 2.80. The normalized spacial score (nSPS) is 21.5. The highest BCUT2D eigenvalue weighted by molar-refractivity contribution is 5.76. The topological polar surface area (TPSA) is 58.1 Å². The number of likely N-dealkylation sites (N-methyl/N-ethyl adjacent to an activating group) is 1. The number of amides is 1. The van der Waals surface area contributed by atoms with Gasteiger partial charge in [0.2, 0.25) is 11.9 Å². The van der Waals surface area contributed by atoms with Gasteiger partial charge in [-0.05, 0) is 12.5 Å². The molecule has 2 rings (SSSR count). The quantitative estimate of drug-likeness (QED) is 0.766. The van der Waals surface area contributed by atoms with Crippen molar-refractivity contribution in [2.24, 2.45) is 0 Å². The van der Waals surface area contributed by atoms with Crippen LogP contribution < -0.4 is 5.32 Å². The molecule has 1 aromatic rings. The van der Waals surface area contributed by atoms with Crippen LogP contribution in [-0.4, -0.2) is 40.4 Å². The van der Waals surface area contributed by atoms with Gasteiger partial charge in [0.1, 0.15) is 0 Å². The van der Waals surface area contributed by atoms with Gasteiger partial charge in [-0.2, -0.15) is 0 Å². The zero-order valence-electron chi connectivity index (χ0n) is 8.68. The van der Waals surface area contributed by atoms with E-state index in [-0.39, 0.29) is 11.9 Å². The second-order valence-corrected chi connectivity index (χ2v) is 3.73. The lowest BCUT2D eigenvalue weighted by Gasteiger charge is -2.30. The van der Waals surface area contributed by atoms with Crippen LogP contribution in [0.15, 0.2) is 18.5 Å². The number of hydrogen-bond donors (Lipinski definition) is 1. The molecule has 0 aromatic carbocycles. The van der Waals surface area contributed by atoms with Crippen molar-refractivity contribution in [2.75, 3.05) is 18.9 Å². The van der Waals surface area contributed by atoms with Crippen LogP contribution in [0.2, 0.25) is 0 Å². The fraction of sp³-hybridized carbons (Fsp3) is 0.500. The molecule has 1 saturated heterocycles. The molecule has 1 N–H and O–H groups in total. The second kappa shape index (κ2) is 4.25. The largest absolute Gasteiger partial charge is 0.350 e. The Morgan fingerprint density at radius 1 is 1.47 bits per heavy atom. The molecule has 0 saturated carbocycles. The molecule has 80 valence electrons. The van der Waals surface area contributed by atoms with Crippen LogP contribution >= 0.6 is 0 Å². The summed E-state index contributed by atoms with van der Waals surface area (Å²) < 4.78 is 0. The molecule has 1 aliphatic heterocycles. The predicted octanol–water partition coefficient (Wildman–Crippen LogP) is 0.509. The van der Waals surface area contributed by atoms with Gasteiger partial charge in [-0.15, -0.1) is 0 Å². The first-order chi connectivity index (χ1) is 7.25. The third-order valence-electron chi connectivity index (χ3n) is 2.53. The van der Waals surface area contributed by atoms with Crippen molar-refractivity contribution in [1.82, 2.24) is 14.9 Å². The van der Waals surface area contributed by atoms with Crippen molar-refractivity contribution < 1.29 is 4.79 Å². The molecule has 15 heavy (non-hydrogen) atoms. The molecule has 0 aliphatic carbocycles. The third-order valence-corrected chi connectivity index (χ3v) is 2.53. The van der Waals surface area contributed by atoms with Crippen LogP contribution in [0.3, 0.4) is 0 Å². The van der Waals surface area contributed by atoms with E-state index >= 15 is 0 Å². The minimum Gasteiger partial charge on any atom is -0.350 e. The van der Waals surface area contributed by atoms with Gasteiger partial charge in [0.15, 0.2) is 0 Å². The van der Waals surface area contributed by atoms with Gasteiger partial charge in [0.05, 0.1) is 0 Å². The van der Waals surface area contributed by atoms with Crippen LogP contribution in [0.1, 0.15) is 12.8 Å². The molecule has 1 aliphatic rings. The Bertz CT molecular complexity index is 341. The molecule has 1 atom stereocenters. The zero-order chi connectivity index (χ0) is 10.7. The average molecular weight is 206 g/mol. The maximum absolute atomic E-state index is 11.3. The first kappa shape index (κ1) is 9.89. The van der Waals surface area contributed by atoms with Crippen LogP contribution in [0.5, 0.6) is 0 Å². The highest BCUT2D eigenvalue weighted by atomic mass is 16.2. The van der Waals surface area contributed by atoms with E-state index in [4.69, 9.17) is 0 Å². The lowest BCUT2D eigenvalue weighted by molar-refractivity contribution is -0.132. The highest BCUT2D eigenvalue weighted by Crippen LogP contribution is 2.12. The number of hydrogen-bond acceptors (Lipinski definition) is 4. The summed E-state index contributed by atoms with van der Waals surface area (Å²) in [6.07, 6.45) is 4.85. The summed E-state index contributed by atoms with van der Waals surface area (Å²) in [6, 6.07) is 2.04. The number of carbonyl (C=O) groups excluding carboxylic acids is 1. The van der Waals surface area contributed by atoms with Gasteiger partial charge < -0.3 is 10.2 Å². The van der Waals surface area contributed by atoms with E-state index in [1.807, 2.05) is 7.05 Å². The molecule has 0 bridgehead atoms. The van der Waals surface area contributed by atoms with Crippen LogP contribution in [0.25, 0.3) is 0 Å². The Balaban J connectivity index is 1.94. The number of carbonyl (C=O) groups is 1. The van der Waals surface area contributed by atoms with Crippen molar-refractivity contribution in [2.45, 2.75) is 18.9 Å². The summed E-state index contributed by atoms with van der Waals surface area (Å²) in [6.45, 7) is 0.719. The lowest BCUT2D eigenvalue weighted by atomic mass is 10.1. The minimum atomic E-state index is 0.210. The van der Waals surface area contributed by atoms with Gasteiger partial charge in [-0.25, -0.2) is 9.97 Å². The van der Waals surface area contributed by atoms with Crippen LogP contribution in [0.4, 0.5) is 5.95 Å². The molecule has 1 fully saturated rings. The summed E-state index contributed by atoms with van der Waals surface area (Å²) in [5.41, 5.74) is 0.